The van der Waals surface area contributed by atoms with Gasteiger partial charge in [-0.15, -0.1) is 0 Å². The van der Waals surface area contributed by atoms with Crippen LogP contribution in [0.4, 0.5) is 0 Å². The maximum atomic E-state index is 12.0. The van der Waals surface area contributed by atoms with Crippen molar-refractivity contribution in [2.45, 2.75) is 6.42 Å². The molecule has 8 heteroatoms. The first-order chi connectivity index (χ1) is 12.1. The van der Waals surface area contributed by atoms with Crippen LogP contribution < -0.4 is 14.8 Å². The molecule has 0 unspecified atom stereocenters. The van der Waals surface area contributed by atoms with Crippen molar-refractivity contribution in [3.63, 3.8) is 0 Å². The van der Waals surface area contributed by atoms with Crippen molar-refractivity contribution in [3.05, 3.63) is 23.8 Å². The zero-order chi connectivity index (χ0) is 18.1. The molecule has 1 saturated heterocycles. The Balaban J connectivity index is 1.69. The molecule has 1 aromatic rings. The molecule has 0 aliphatic carbocycles. The monoisotopic (exact) mass is 384 g/mol. The van der Waals surface area contributed by atoms with Gasteiger partial charge >= 0.3 is 0 Å². The Morgan fingerprint density at radius 2 is 2.00 bits per heavy atom. The van der Waals surface area contributed by atoms with Crippen molar-refractivity contribution < 1.29 is 19.0 Å². The van der Waals surface area contributed by atoms with E-state index < -0.39 is 0 Å². The molecule has 0 bridgehead atoms. The summed E-state index contributed by atoms with van der Waals surface area (Å²) in [4.78, 5) is 14.0. The third-order valence-electron chi connectivity index (χ3n) is 3.78. The lowest BCUT2D eigenvalue weighted by Crippen LogP contribution is -2.39. The van der Waals surface area contributed by atoms with Gasteiger partial charge in [0.25, 0.3) is 0 Å². The Bertz CT molecular complexity index is 592. The van der Waals surface area contributed by atoms with Gasteiger partial charge in [0.05, 0.1) is 33.2 Å². The predicted molar refractivity (Wildman–Crippen MR) is 104 cm³/mol. The topological polar surface area (TPSA) is 60.0 Å². The van der Waals surface area contributed by atoms with Crippen molar-refractivity contribution >= 4 is 34.2 Å². The number of thiocarbonyl (C=S) groups is 1. The van der Waals surface area contributed by atoms with Crippen molar-refractivity contribution in [2.24, 2.45) is 0 Å². The Hall–Kier alpha value is -1.51. The standard InChI is InChI=1S/C17H24N2O4S2/c1-21-14-4-3-13(11-15(14)22-2)5-6-18-16(20)12-25-17(24)19-7-9-23-10-8-19/h3-4,11H,5-10,12H2,1-2H3,(H,18,20). The summed E-state index contributed by atoms with van der Waals surface area (Å²) in [5.41, 5.74) is 1.08. The molecule has 0 atom stereocenters. The largest absolute Gasteiger partial charge is 0.493 e. The molecule has 6 nitrogen and oxygen atoms in total. The average molecular weight is 385 g/mol. The summed E-state index contributed by atoms with van der Waals surface area (Å²) >= 11 is 6.76. The van der Waals surface area contributed by atoms with Crippen LogP contribution in [-0.2, 0) is 16.0 Å². The Kier molecular flexibility index (Phi) is 8.30. The van der Waals surface area contributed by atoms with E-state index in [0.29, 0.717) is 37.0 Å². The van der Waals surface area contributed by atoms with Gasteiger partial charge in [0.15, 0.2) is 11.5 Å². The van der Waals surface area contributed by atoms with Gasteiger partial charge in [-0.3, -0.25) is 4.79 Å². The smallest absolute Gasteiger partial charge is 0.230 e. The van der Waals surface area contributed by atoms with E-state index in [-0.39, 0.29) is 5.91 Å². The van der Waals surface area contributed by atoms with Crippen molar-refractivity contribution in [2.75, 3.05) is 52.8 Å². The second kappa shape index (κ2) is 10.5. The van der Waals surface area contributed by atoms with Gasteiger partial charge in [-0.2, -0.15) is 0 Å². The number of benzene rings is 1. The fraction of sp³-hybridized carbons (Fsp3) is 0.529. The van der Waals surface area contributed by atoms with Crippen molar-refractivity contribution in [1.29, 1.82) is 0 Å². The highest BCUT2D eigenvalue weighted by Gasteiger charge is 2.15. The van der Waals surface area contributed by atoms with Gasteiger partial charge < -0.3 is 24.4 Å². The number of thioether (sulfide) groups is 1. The lowest BCUT2D eigenvalue weighted by molar-refractivity contribution is -0.118. The fourth-order valence-corrected chi connectivity index (χ4v) is 3.48. The van der Waals surface area contributed by atoms with Gasteiger partial charge in [-0.25, -0.2) is 0 Å². The highest BCUT2D eigenvalue weighted by Crippen LogP contribution is 2.27. The molecule has 0 spiro atoms. The highest BCUT2D eigenvalue weighted by molar-refractivity contribution is 8.23. The van der Waals surface area contributed by atoms with Crippen LogP contribution >= 0.6 is 24.0 Å². The number of rotatable bonds is 7. The number of nitrogens with one attached hydrogen (secondary N) is 1. The number of hydrogen-bond acceptors (Lipinski definition) is 6. The van der Waals surface area contributed by atoms with Gasteiger partial charge in [0.1, 0.15) is 4.32 Å². The van der Waals surface area contributed by atoms with E-state index in [0.717, 1.165) is 29.4 Å². The Morgan fingerprint density at radius 3 is 2.68 bits per heavy atom. The third kappa shape index (κ3) is 6.37. The zero-order valence-corrected chi connectivity index (χ0v) is 16.2. The van der Waals surface area contributed by atoms with E-state index in [9.17, 15) is 4.79 Å². The number of hydrogen-bond donors (Lipinski definition) is 1. The molecule has 25 heavy (non-hydrogen) atoms. The second-order valence-electron chi connectivity index (χ2n) is 5.44. The first-order valence-electron chi connectivity index (χ1n) is 8.11. The molecular weight excluding hydrogens is 360 g/mol. The van der Waals surface area contributed by atoms with Crippen LogP contribution in [0.2, 0.25) is 0 Å². The summed E-state index contributed by atoms with van der Waals surface area (Å²) in [6, 6.07) is 5.76. The van der Waals surface area contributed by atoms with Crippen molar-refractivity contribution in [3.8, 4) is 11.5 Å². The molecule has 1 amide bonds. The van der Waals surface area contributed by atoms with Crippen LogP contribution in [-0.4, -0.2) is 67.9 Å². The van der Waals surface area contributed by atoms with Crippen LogP contribution in [0.5, 0.6) is 11.5 Å². The molecule has 1 fully saturated rings. The van der Waals surface area contributed by atoms with Crippen LogP contribution in [0.15, 0.2) is 18.2 Å². The van der Waals surface area contributed by atoms with Crippen LogP contribution in [0.25, 0.3) is 0 Å². The minimum absolute atomic E-state index is 0.0129. The van der Waals surface area contributed by atoms with E-state index in [1.54, 1.807) is 14.2 Å². The van der Waals surface area contributed by atoms with Crippen LogP contribution in [0.3, 0.4) is 0 Å². The lowest BCUT2D eigenvalue weighted by atomic mass is 10.1. The number of carbonyl (C=O) groups excluding carboxylic acids is 1. The molecule has 1 aliphatic rings. The summed E-state index contributed by atoms with van der Waals surface area (Å²) in [7, 11) is 3.22. The number of amides is 1. The Morgan fingerprint density at radius 1 is 1.28 bits per heavy atom. The van der Waals surface area contributed by atoms with Crippen LogP contribution in [0, 0.1) is 0 Å². The summed E-state index contributed by atoms with van der Waals surface area (Å²) < 4.78 is 16.6. The summed E-state index contributed by atoms with van der Waals surface area (Å²) in [5, 5.41) is 2.92. The highest BCUT2D eigenvalue weighted by atomic mass is 32.2. The minimum atomic E-state index is -0.0129. The maximum Gasteiger partial charge on any atom is 0.230 e. The molecular formula is C17H24N2O4S2. The zero-order valence-electron chi connectivity index (χ0n) is 14.6. The van der Waals surface area contributed by atoms with E-state index in [1.165, 1.54) is 11.8 Å². The van der Waals surface area contributed by atoms with Crippen LogP contribution in [0.1, 0.15) is 5.56 Å². The second-order valence-corrected chi connectivity index (χ2v) is 7.05. The number of nitrogens with zero attached hydrogens (tertiary/aromatic N) is 1. The third-order valence-corrected chi connectivity index (χ3v) is 5.30. The predicted octanol–water partition coefficient (Wildman–Crippen LogP) is 1.71. The molecule has 0 saturated carbocycles. The Labute approximate surface area is 158 Å². The van der Waals surface area contributed by atoms with E-state index in [2.05, 4.69) is 10.2 Å². The molecule has 1 heterocycles. The van der Waals surface area contributed by atoms with Crippen molar-refractivity contribution in [1.82, 2.24) is 10.2 Å². The van der Waals surface area contributed by atoms with Gasteiger partial charge in [-0.05, 0) is 24.1 Å². The SMILES string of the molecule is COc1ccc(CCNC(=O)CSC(=S)N2CCOCC2)cc1OC. The van der Waals surface area contributed by atoms with E-state index in [1.807, 2.05) is 18.2 Å². The quantitative estimate of drug-likeness (QED) is 0.718. The number of methoxy groups -OCH3 is 2. The summed E-state index contributed by atoms with van der Waals surface area (Å²) in [5.74, 6) is 1.71. The molecule has 0 radical (unpaired) electrons. The molecule has 1 N–H and O–H groups in total. The number of carbonyl (C=O) groups is 1. The normalized spacial score (nSPS) is 14.1. The molecule has 0 aromatic heterocycles. The first-order valence-corrected chi connectivity index (χ1v) is 9.50. The summed E-state index contributed by atoms with van der Waals surface area (Å²) in [6.45, 7) is 3.55. The summed E-state index contributed by atoms with van der Waals surface area (Å²) in [6.07, 6.45) is 0.727. The fourth-order valence-electron chi connectivity index (χ4n) is 2.40. The number of morpholine rings is 1. The first kappa shape index (κ1) is 19.8. The molecule has 1 aliphatic heterocycles. The van der Waals surface area contributed by atoms with Gasteiger partial charge in [-0.1, -0.05) is 30.0 Å². The van der Waals surface area contributed by atoms with E-state index >= 15 is 0 Å². The van der Waals surface area contributed by atoms with Gasteiger partial charge in [0.2, 0.25) is 5.91 Å². The van der Waals surface area contributed by atoms with Gasteiger partial charge in [0, 0.05) is 19.6 Å². The lowest BCUT2D eigenvalue weighted by Gasteiger charge is -2.28. The van der Waals surface area contributed by atoms with E-state index in [4.69, 9.17) is 26.4 Å². The minimum Gasteiger partial charge on any atom is -0.493 e. The maximum absolute atomic E-state index is 12.0. The molecule has 2 rings (SSSR count). The number of ether oxygens (including phenoxy) is 3. The molecule has 1 aromatic carbocycles. The molecule has 138 valence electrons. The average Bonchev–Trinajstić information content (AvgIpc) is 2.66.